The molecule has 0 bridgehead atoms. The van der Waals surface area contributed by atoms with Gasteiger partial charge in [-0.05, 0) is 7.05 Å². The normalized spacial score (nSPS) is 25.3. The largest absolute Gasteiger partial charge is 0.279 e. The summed E-state index contributed by atoms with van der Waals surface area (Å²) in [5, 5.41) is 0. The van der Waals surface area contributed by atoms with Crippen molar-refractivity contribution in [1.82, 2.24) is 4.90 Å². The van der Waals surface area contributed by atoms with Crippen LogP contribution in [0.1, 0.15) is 0 Å². The Bertz CT molecular complexity index is 51.7. The molecule has 1 heterocycles. The highest BCUT2D eigenvalue weighted by Gasteiger charge is 2.03. The number of nitrogens with zero attached hydrogens (tertiary/aromatic N) is 1. The average Bonchev–Trinajstić information content (AvgIpc) is 1.69. The molecule has 1 rings (SSSR count). The van der Waals surface area contributed by atoms with E-state index < -0.39 is 0 Å². The van der Waals surface area contributed by atoms with Crippen LogP contribution in [-0.2, 0) is 9.78 Å². The van der Waals surface area contributed by atoms with Gasteiger partial charge in [0.2, 0.25) is 0 Å². The first-order valence-electron chi connectivity index (χ1n) is 2.32. The van der Waals surface area contributed by atoms with Gasteiger partial charge in [-0.25, -0.2) is 9.78 Å². The lowest BCUT2D eigenvalue weighted by Crippen LogP contribution is -2.31. The molecule has 7 heavy (non-hydrogen) atoms. The smallest absolute Gasteiger partial charge is 0.135 e. The summed E-state index contributed by atoms with van der Waals surface area (Å²) >= 11 is 0. The number of rotatable bonds is 0. The van der Waals surface area contributed by atoms with E-state index in [0.29, 0.717) is 13.3 Å². The second-order valence-corrected chi connectivity index (χ2v) is 1.65. The van der Waals surface area contributed by atoms with Crippen molar-refractivity contribution >= 4 is 0 Å². The molecule has 1 fully saturated rings. The standard InChI is InChI=1S/C4H9NO2/c1-5-2-3-6-7-4-5/h2-4H2,1H3. The summed E-state index contributed by atoms with van der Waals surface area (Å²) in [7, 11) is 1.99. The molecule has 0 aromatic heterocycles. The van der Waals surface area contributed by atoms with Crippen LogP contribution in [0.5, 0.6) is 0 Å². The first kappa shape index (κ1) is 5.03. The van der Waals surface area contributed by atoms with Gasteiger partial charge in [-0.1, -0.05) is 0 Å². The summed E-state index contributed by atoms with van der Waals surface area (Å²) in [4.78, 5) is 11.3. The van der Waals surface area contributed by atoms with E-state index in [1.54, 1.807) is 0 Å². The molecule has 0 atom stereocenters. The number of hydrogen-bond acceptors (Lipinski definition) is 3. The molecular weight excluding hydrogens is 94.0 g/mol. The van der Waals surface area contributed by atoms with Crippen molar-refractivity contribution in [3.63, 3.8) is 0 Å². The lowest BCUT2D eigenvalue weighted by atomic mass is 10.6. The van der Waals surface area contributed by atoms with Crippen molar-refractivity contribution in [2.24, 2.45) is 0 Å². The van der Waals surface area contributed by atoms with E-state index in [9.17, 15) is 0 Å². The van der Waals surface area contributed by atoms with Crippen molar-refractivity contribution < 1.29 is 9.78 Å². The van der Waals surface area contributed by atoms with Crippen molar-refractivity contribution in [3.05, 3.63) is 0 Å². The van der Waals surface area contributed by atoms with Gasteiger partial charge in [0, 0.05) is 6.54 Å². The SMILES string of the molecule is CN1CCOOC1. The van der Waals surface area contributed by atoms with Crippen molar-refractivity contribution in [2.45, 2.75) is 0 Å². The fourth-order valence-electron chi connectivity index (χ4n) is 0.444. The van der Waals surface area contributed by atoms with E-state index in [-0.39, 0.29) is 0 Å². The van der Waals surface area contributed by atoms with Crippen molar-refractivity contribution in [2.75, 3.05) is 26.9 Å². The Balaban J connectivity index is 2.12. The molecule has 0 saturated carbocycles. The van der Waals surface area contributed by atoms with E-state index in [1.807, 2.05) is 11.9 Å². The summed E-state index contributed by atoms with van der Waals surface area (Å²) in [6, 6.07) is 0. The Hall–Kier alpha value is -0.120. The third-order valence-corrected chi connectivity index (χ3v) is 0.913. The Labute approximate surface area is 42.7 Å². The van der Waals surface area contributed by atoms with Gasteiger partial charge < -0.3 is 0 Å². The van der Waals surface area contributed by atoms with Crippen LogP contribution in [0.4, 0.5) is 0 Å². The van der Waals surface area contributed by atoms with E-state index in [4.69, 9.17) is 0 Å². The van der Waals surface area contributed by atoms with Crippen LogP contribution in [0.2, 0.25) is 0 Å². The Kier molecular flexibility index (Phi) is 1.62. The highest BCUT2D eigenvalue weighted by atomic mass is 17.2. The van der Waals surface area contributed by atoms with Crippen molar-refractivity contribution in [1.29, 1.82) is 0 Å². The zero-order chi connectivity index (χ0) is 5.11. The second-order valence-electron chi connectivity index (χ2n) is 1.65. The minimum atomic E-state index is 0.597. The van der Waals surface area contributed by atoms with E-state index in [0.717, 1.165) is 6.54 Å². The van der Waals surface area contributed by atoms with Gasteiger partial charge in [0.15, 0.2) is 0 Å². The first-order chi connectivity index (χ1) is 3.39. The molecule has 0 N–H and O–H groups in total. The molecule has 42 valence electrons. The zero-order valence-electron chi connectivity index (χ0n) is 4.39. The average molecular weight is 103 g/mol. The van der Waals surface area contributed by atoms with E-state index in [2.05, 4.69) is 9.78 Å². The van der Waals surface area contributed by atoms with E-state index >= 15 is 0 Å². The van der Waals surface area contributed by atoms with E-state index in [1.165, 1.54) is 0 Å². The Morgan fingerprint density at radius 2 is 2.29 bits per heavy atom. The third-order valence-electron chi connectivity index (χ3n) is 0.913. The maximum atomic E-state index is 4.61. The van der Waals surface area contributed by atoms with Gasteiger partial charge in [0.1, 0.15) is 6.73 Å². The topological polar surface area (TPSA) is 21.7 Å². The Morgan fingerprint density at radius 3 is 2.57 bits per heavy atom. The van der Waals surface area contributed by atoms with Gasteiger partial charge in [-0.3, -0.25) is 4.90 Å². The van der Waals surface area contributed by atoms with Crippen LogP contribution in [0, 0.1) is 0 Å². The molecule has 0 unspecified atom stereocenters. The predicted molar refractivity (Wildman–Crippen MR) is 24.5 cm³/mol. The maximum Gasteiger partial charge on any atom is 0.135 e. The van der Waals surface area contributed by atoms with Gasteiger partial charge >= 0.3 is 0 Å². The molecule has 0 spiro atoms. The molecule has 0 aromatic rings. The summed E-state index contributed by atoms with van der Waals surface area (Å²) in [5.74, 6) is 0. The lowest BCUT2D eigenvalue weighted by Gasteiger charge is -2.20. The molecule has 0 amide bonds. The second kappa shape index (κ2) is 2.26. The summed E-state index contributed by atoms with van der Waals surface area (Å²) in [6.07, 6.45) is 0. The first-order valence-corrected chi connectivity index (χ1v) is 2.32. The minimum Gasteiger partial charge on any atom is -0.279 e. The highest BCUT2D eigenvalue weighted by molar-refractivity contribution is 4.42. The van der Waals surface area contributed by atoms with Crippen LogP contribution in [0.3, 0.4) is 0 Å². The Morgan fingerprint density at radius 1 is 1.43 bits per heavy atom. The molecule has 1 aliphatic rings. The third kappa shape index (κ3) is 1.43. The fraction of sp³-hybridized carbons (Fsp3) is 1.00. The fourth-order valence-corrected chi connectivity index (χ4v) is 0.444. The van der Waals surface area contributed by atoms with Crippen LogP contribution in [0.25, 0.3) is 0 Å². The molecule has 0 aliphatic carbocycles. The summed E-state index contributed by atoms with van der Waals surface area (Å²) < 4.78 is 0. The monoisotopic (exact) mass is 103 g/mol. The predicted octanol–water partition coefficient (Wildman–Crippen LogP) is -0.163. The molecular formula is C4H9NO2. The van der Waals surface area contributed by atoms with Crippen LogP contribution >= 0.6 is 0 Å². The van der Waals surface area contributed by atoms with Gasteiger partial charge in [-0.2, -0.15) is 0 Å². The van der Waals surface area contributed by atoms with Crippen molar-refractivity contribution in [3.8, 4) is 0 Å². The van der Waals surface area contributed by atoms with Gasteiger partial charge in [0.25, 0.3) is 0 Å². The van der Waals surface area contributed by atoms with Gasteiger partial charge in [-0.15, -0.1) is 0 Å². The summed E-state index contributed by atoms with van der Waals surface area (Å²) in [6.45, 7) is 2.26. The quantitative estimate of drug-likeness (QED) is 0.397. The molecule has 3 heteroatoms. The van der Waals surface area contributed by atoms with Crippen LogP contribution in [-0.4, -0.2) is 31.8 Å². The molecule has 0 aromatic carbocycles. The molecule has 1 aliphatic heterocycles. The lowest BCUT2D eigenvalue weighted by molar-refractivity contribution is -0.339. The molecule has 0 radical (unpaired) electrons. The molecule has 1 saturated heterocycles. The highest BCUT2D eigenvalue weighted by Crippen LogP contribution is 1.91. The summed E-state index contributed by atoms with van der Waals surface area (Å²) in [5.41, 5.74) is 0. The maximum absolute atomic E-state index is 4.61. The van der Waals surface area contributed by atoms with Gasteiger partial charge in [0.05, 0.1) is 6.61 Å². The van der Waals surface area contributed by atoms with Crippen LogP contribution < -0.4 is 0 Å². The van der Waals surface area contributed by atoms with Crippen LogP contribution in [0.15, 0.2) is 0 Å². The molecule has 3 nitrogen and oxygen atoms in total. The number of likely N-dealkylation sites (N-methyl/N-ethyl adjacent to an activating group) is 1. The number of hydrogen-bond donors (Lipinski definition) is 0. The zero-order valence-corrected chi connectivity index (χ0v) is 4.39. The minimum absolute atomic E-state index is 0.597.